The smallest absolute Gasteiger partial charge is 0.466 e. The van der Waals surface area contributed by atoms with E-state index in [0.29, 0.717) is 28.4 Å². The molecule has 1 aliphatic heterocycles. The molecule has 30 heavy (non-hydrogen) atoms. The fourth-order valence-corrected chi connectivity index (χ4v) is 4.26. The number of aliphatic hydroxyl groups is 4. The normalized spacial score (nSPS) is 28.0. The van der Waals surface area contributed by atoms with E-state index in [0.717, 1.165) is 0 Å². The molecule has 0 amide bonds. The molecule has 0 bridgehead atoms. The van der Waals surface area contributed by atoms with E-state index in [1.54, 1.807) is 18.2 Å². The Labute approximate surface area is 174 Å². The van der Waals surface area contributed by atoms with Crippen molar-refractivity contribution in [2.45, 2.75) is 36.3 Å². The molecule has 1 aliphatic rings. The zero-order valence-corrected chi connectivity index (χ0v) is 16.8. The standard InChI is InChI=1S/C16H20N2O10S2/c19-6-11-13(21)14(22)15(23)16(27-11)29-12(18-28-30(24,25)26)5-7-4-8-9(17-7)2-1-3-10(8)20/h1-4,11,13-17,19-23H,5-6H2,(H,24,25,26)/b18-12+/t11-,13-,14+,15-,16+/m1/s1. The van der Waals surface area contributed by atoms with Gasteiger partial charge in [-0.3, -0.25) is 4.55 Å². The number of benzene rings is 1. The Morgan fingerprint density at radius 2 is 1.97 bits per heavy atom. The minimum Gasteiger partial charge on any atom is -0.507 e. The van der Waals surface area contributed by atoms with Crippen LogP contribution in [0.2, 0.25) is 0 Å². The van der Waals surface area contributed by atoms with Crippen molar-refractivity contribution in [2.75, 3.05) is 6.61 Å². The summed E-state index contributed by atoms with van der Waals surface area (Å²) in [4.78, 5) is 2.99. The molecular formula is C16H20N2O10S2. The van der Waals surface area contributed by atoms with Gasteiger partial charge in [0.05, 0.1) is 6.61 Å². The van der Waals surface area contributed by atoms with Crippen molar-refractivity contribution >= 4 is 38.1 Å². The molecule has 2 heterocycles. The van der Waals surface area contributed by atoms with Gasteiger partial charge in [-0.15, -0.1) is 0 Å². The first kappa shape index (κ1) is 22.8. The Morgan fingerprint density at radius 1 is 1.23 bits per heavy atom. The van der Waals surface area contributed by atoms with Gasteiger partial charge in [-0.25, -0.2) is 4.28 Å². The van der Waals surface area contributed by atoms with Gasteiger partial charge in [-0.05, 0) is 18.2 Å². The van der Waals surface area contributed by atoms with Crippen LogP contribution in [0.5, 0.6) is 5.75 Å². The average molecular weight is 464 g/mol. The third-order valence-corrected chi connectivity index (χ3v) is 5.75. The highest BCUT2D eigenvalue weighted by molar-refractivity contribution is 8.14. The summed E-state index contributed by atoms with van der Waals surface area (Å²) in [6, 6.07) is 6.40. The number of rotatable bonds is 6. The fourth-order valence-electron chi connectivity index (χ4n) is 2.94. The van der Waals surface area contributed by atoms with E-state index in [1.165, 1.54) is 6.07 Å². The lowest BCUT2D eigenvalue weighted by Gasteiger charge is -2.39. The fraction of sp³-hybridized carbons (Fsp3) is 0.438. The van der Waals surface area contributed by atoms with E-state index in [-0.39, 0.29) is 17.2 Å². The van der Waals surface area contributed by atoms with Crippen LogP contribution in [0.1, 0.15) is 5.69 Å². The van der Waals surface area contributed by atoms with E-state index >= 15 is 0 Å². The predicted molar refractivity (Wildman–Crippen MR) is 105 cm³/mol. The molecule has 166 valence electrons. The minimum atomic E-state index is -4.92. The summed E-state index contributed by atoms with van der Waals surface area (Å²) in [5, 5.41) is 52.9. The summed E-state index contributed by atoms with van der Waals surface area (Å²) in [6.45, 7) is -0.642. The van der Waals surface area contributed by atoms with Crippen LogP contribution in [0.3, 0.4) is 0 Å². The SMILES string of the molecule is O=S(=O)(O)O/N=C(\Cc1cc2c(O)cccc2[nH]1)S[C@@H]1O[C@H](CO)[C@@H](O)[C@H](O)[C@H]1O. The summed E-state index contributed by atoms with van der Waals surface area (Å²) in [7, 11) is -4.92. The number of ether oxygens (including phenoxy) is 1. The number of fused-ring (bicyclic) bond motifs is 1. The molecule has 1 fully saturated rings. The molecule has 0 spiro atoms. The molecule has 1 aromatic carbocycles. The molecule has 14 heteroatoms. The Balaban J connectivity index is 1.86. The van der Waals surface area contributed by atoms with Crippen molar-refractivity contribution in [2.24, 2.45) is 5.16 Å². The highest BCUT2D eigenvalue weighted by atomic mass is 32.3. The highest BCUT2D eigenvalue weighted by Crippen LogP contribution is 2.31. The van der Waals surface area contributed by atoms with Crippen molar-refractivity contribution in [1.29, 1.82) is 0 Å². The van der Waals surface area contributed by atoms with E-state index in [1.807, 2.05) is 0 Å². The Bertz CT molecular complexity index is 1020. The van der Waals surface area contributed by atoms with Gasteiger partial charge < -0.3 is 35.3 Å². The largest absolute Gasteiger partial charge is 0.507 e. The van der Waals surface area contributed by atoms with Gasteiger partial charge >= 0.3 is 10.4 Å². The number of phenolic OH excluding ortho intramolecular Hbond substituents is 1. The third kappa shape index (κ3) is 5.22. The molecule has 12 nitrogen and oxygen atoms in total. The second kappa shape index (κ2) is 9.07. The Hall–Kier alpha value is -1.91. The van der Waals surface area contributed by atoms with Crippen molar-refractivity contribution in [3.8, 4) is 5.75 Å². The quantitative estimate of drug-likeness (QED) is 0.121. The first-order valence-electron chi connectivity index (χ1n) is 8.58. The van der Waals surface area contributed by atoms with Crippen LogP contribution in [0.25, 0.3) is 10.9 Å². The third-order valence-electron chi connectivity index (χ3n) is 4.37. The molecule has 2 aromatic rings. The molecule has 1 saturated heterocycles. The number of nitrogens with zero attached hydrogens (tertiary/aromatic N) is 1. The van der Waals surface area contributed by atoms with Crippen LogP contribution in [0.15, 0.2) is 29.4 Å². The number of nitrogens with one attached hydrogen (secondary N) is 1. The van der Waals surface area contributed by atoms with Gasteiger partial charge in [0.15, 0.2) is 0 Å². The van der Waals surface area contributed by atoms with E-state index < -0.39 is 46.9 Å². The van der Waals surface area contributed by atoms with Crippen molar-refractivity contribution in [3.05, 3.63) is 30.0 Å². The highest BCUT2D eigenvalue weighted by Gasteiger charge is 2.44. The molecule has 0 saturated carbocycles. The number of thioether (sulfide) groups is 1. The molecule has 3 rings (SSSR count). The van der Waals surface area contributed by atoms with Crippen LogP contribution < -0.4 is 0 Å². The van der Waals surface area contributed by atoms with Gasteiger partial charge in [0, 0.05) is 23.0 Å². The molecule has 0 unspecified atom stereocenters. The number of aliphatic hydroxyl groups excluding tert-OH is 4. The summed E-state index contributed by atoms with van der Waals surface area (Å²) in [5.41, 5.74) is -0.179. The summed E-state index contributed by atoms with van der Waals surface area (Å²) < 4.78 is 40.1. The van der Waals surface area contributed by atoms with Crippen molar-refractivity contribution < 1.29 is 47.5 Å². The lowest BCUT2D eigenvalue weighted by Crippen LogP contribution is -2.57. The van der Waals surface area contributed by atoms with Gasteiger partial charge in [-0.1, -0.05) is 23.0 Å². The summed E-state index contributed by atoms with van der Waals surface area (Å²) in [6.07, 6.45) is -6.07. The number of oxime groups is 1. The number of phenols is 1. The van der Waals surface area contributed by atoms with Gasteiger partial charge in [0.25, 0.3) is 0 Å². The first-order valence-corrected chi connectivity index (χ1v) is 10.8. The van der Waals surface area contributed by atoms with E-state index in [2.05, 4.69) is 14.4 Å². The van der Waals surface area contributed by atoms with E-state index in [4.69, 9.17) is 9.29 Å². The maximum absolute atomic E-state index is 10.9. The minimum absolute atomic E-state index is 0.0178. The summed E-state index contributed by atoms with van der Waals surface area (Å²) in [5.74, 6) is 0.0178. The Morgan fingerprint density at radius 3 is 2.60 bits per heavy atom. The average Bonchev–Trinajstić information content (AvgIpc) is 3.10. The van der Waals surface area contributed by atoms with Gasteiger partial charge in [0.1, 0.15) is 40.6 Å². The van der Waals surface area contributed by atoms with Crippen LogP contribution in [-0.4, -0.2) is 85.0 Å². The lowest BCUT2D eigenvalue weighted by molar-refractivity contribution is -0.205. The molecule has 5 atom stereocenters. The molecule has 1 aromatic heterocycles. The number of aromatic amines is 1. The zero-order valence-electron chi connectivity index (χ0n) is 15.2. The maximum atomic E-state index is 10.9. The molecule has 7 N–H and O–H groups in total. The molecular weight excluding hydrogens is 444 g/mol. The number of H-pyrrole nitrogens is 1. The van der Waals surface area contributed by atoms with Crippen LogP contribution in [-0.2, 0) is 25.8 Å². The van der Waals surface area contributed by atoms with Crippen LogP contribution in [0.4, 0.5) is 0 Å². The van der Waals surface area contributed by atoms with Crippen molar-refractivity contribution in [1.82, 2.24) is 4.98 Å². The number of aromatic nitrogens is 1. The monoisotopic (exact) mass is 464 g/mol. The lowest BCUT2D eigenvalue weighted by atomic mass is 10.0. The van der Waals surface area contributed by atoms with Crippen molar-refractivity contribution in [3.63, 3.8) is 0 Å². The zero-order chi connectivity index (χ0) is 22.1. The maximum Gasteiger partial charge on any atom is 0.466 e. The predicted octanol–water partition coefficient (Wildman–Crippen LogP) is -0.918. The van der Waals surface area contributed by atoms with Crippen LogP contribution >= 0.6 is 11.8 Å². The second-order valence-electron chi connectivity index (χ2n) is 6.51. The number of hydrogen-bond donors (Lipinski definition) is 7. The first-order chi connectivity index (χ1) is 14.1. The number of hydrogen-bond acceptors (Lipinski definition) is 11. The van der Waals surface area contributed by atoms with Gasteiger partial charge in [-0.2, -0.15) is 8.42 Å². The number of aromatic hydroxyl groups is 1. The van der Waals surface area contributed by atoms with Gasteiger partial charge in [0.2, 0.25) is 0 Å². The van der Waals surface area contributed by atoms with Crippen LogP contribution in [0, 0.1) is 0 Å². The summed E-state index contributed by atoms with van der Waals surface area (Å²) >= 11 is 0.661. The van der Waals surface area contributed by atoms with E-state index in [9.17, 15) is 34.0 Å². The Kier molecular flexibility index (Phi) is 6.88. The second-order valence-corrected chi connectivity index (χ2v) is 8.69. The molecule has 0 radical (unpaired) electrons. The topological polar surface area (TPSA) is 202 Å². The molecule has 0 aliphatic carbocycles.